The average Bonchev–Trinajstić information content (AvgIpc) is 2.61. The summed E-state index contributed by atoms with van der Waals surface area (Å²) in [7, 11) is 0. The van der Waals surface area contributed by atoms with Crippen LogP contribution in [0.15, 0.2) is 40.4 Å². The van der Waals surface area contributed by atoms with Gasteiger partial charge in [0.25, 0.3) is 5.56 Å². The Morgan fingerprint density at radius 3 is 2.62 bits per heavy atom. The summed E-state index contributed by atoms with van der Waals surface area (Å²) in [5, 5.41) is 8.74. The molecule has 0 bridgehead atoms. The lowest BCUT2D eigenvalue weighted by atomic mass is 10.1. The van der Waals surface area contributed by atoms with Crippen LogP contribution in [0.2, 0.25) is 0 Å². The number of fused-ring (bicyclic) bond motifs is 1. The first-order valence-electron chi connectivity index (χ1n) is 8.35. The zero-order valence-electron chi connectivity index (χ0n) is 15.2. The minimum atomic E-state index is -0.120. The molecule has 0 spiro atoms. The third-order valence-corrected chi connectivity index (χ3v) is 3.92. The van der Waals surface area contributed by atoms with E-state index in [0.717, 1.165) is 11.1 Å². The predicted molar refractivity (Wildman–Crippen MR) is 103 cm³/mol. The number of amidine groups is 1. The van der Waals surface area contributed by atoms with Gasteiger partial charge in [-0.1, -0.05) is 6.07 Å². The van der Waals surface area contributed by atoms with Crippen LogP contribution in [0.4, 0.5) is 0 Å². The molecular weight excluding hydrogens is 328 g/mol. The molecule has 3 aromatic rings. The van der Waals surface area contributed by atoms with Gasteiger partial charge in [0, 0.05) is 41.2 Å². The average molecular weight is 348 g/mol. The molecule has 3 heterocycles. The van der Waals surface area contributed by atoms with Crippen LogP contribution in [-0.2, 0) is 6.54 Å². The summed E-state index contributed by atoms with van der Waals surface area (Å²) in [6.07, 6.45) is 3.32. The lowest BCUT2D eigenvalue weighted by Crippen LogP contribution is -2.22. The van der Waals surface area contributed by atoms with Gasteiger partial charge >= 0.3 is 0 Å². The Labute approximate surface area is 151 Å². The smallest absolute Gasteiger partial charge is 0.260 e. The molecule has 0 unspecified atom stereocenters. The van der Waals surface area contributed by atoms with Gasteiger partial charge in [-0.2, -0.15) is 0 Å². The zero-order valence-corrected chi connectivity index (χ0v) is 15.2. The number of hydrogen-bond acceptors (Lipinski definition) is 5. The van der Waals surface area contributed by atoms with Crippen molar-refractivity contribution in [3.8, 4) is 11.1 Å². The summed E-state index contributed by atoms with van der Waals surface area (Å²) in [6, 6.07) is 5.28. The van der Waals surface area contributed by atoms with Crippen molar-refractivity contribution in [3.63, 3.8) is 0 Å². The van der Waals surface area contributed by atoms with E-state index in [9.17, 15) is 4.79 Å². The van der Waals surface area contributed by atoms with Crippen molar-refractivity contribution in [2.75, 3.05) is 0 Å². The Hall–Kier alpha value is -3.22. The van der Waals surface area contributed by atoms with Gasteiger partial charge in [0.15, 0.2) is 5.84 Å². The van der Waals surface area contributed by atoms with Crippen LogP contribution in [0.1, 0.15) is 32.3 Å². The Morgan fingerprint density at radius 1 is 1.23 bits per heavy atom. The van der Waals surface area contributed by atoms with E-state index in [0.29, 0.717) is 34.8 Å². The molecule has 0 aliphatic carbocycles. The molecule has 0 fully saturated rings. The number of nitrogens with one attached hydrogen (secondary N) is 1. The molecular formula is C19H20N6O. The molecule has 132 valence electrons. The Balaban J connectivity index is 2.12. The van der Waals surface area contributed by atoms with Crippen molar-refractivity contribution in [2.45, 2.75) is 34.2 Å². The molecule has 3 aromatic heterocycles. The van der Waals surface area contributed by atoms with Gasteiger partial charge in [0.05, 0.1) is 0 Å². The Morgan fingerprint density at radius 2 is 2.00 bits per heavy atom. The second-order valence-corrected chi connectivity index (χ2v) is 6.14. The second kappa shape index (κ2) is 6.95. The molecule has 26 heavy (non-hydrogen) atoms. The minimum Gasteiger partial charge on any atom is -0.292 e. The number of aliphatic imine (C=N–C) groups is 1. The molecule has 0 aromatic carbocycles. The predicted octanol–water partition coefficient (Wildman–Crippen LogP) is 2.99. The van der Waals surface area contributed by atoms with Crippen LogP contribution < -0.4 is 5.56 Å². The standard InChI is InChI=1S/C19H20N6O/c1-5-25-18-14(10-21-12(4)24-18)8-15(19(25)26)13-6-7-16(22-9-13)17(20)23-11(2)3/h6-10,20H,5H2,1-4H3. The summed E-state index contributed by atoms with van der Waals surface area (Å²) in [5.41, 5.74) is 2.99. The van der Waals surface area contributed by atoms with Gasteiger partial charge in [-0.3, -0.25) is 19.8 Å². The molecule has 0 radical (unpaired) electrons. The van der Waals surface area contributed by atoms with E-state index in [2.05, 4.69) is 19.9 Å². The van der Waals surface area contributed by atoms with E-state index >= 15 is 0 Å². The van der Waals surface area contributed by atoms with Gasteiger partial charge in [0.1, 0.15) is 17.2 Å². The third kappa shape index (κ3) is 3.28. The summed E-state index contributed by atoms with van der Waals surface area (Å²) < 4.78 is 1.64. The molecule has 0 saturated carbocycles. The van der Waals surface area contributed by atoms with Crippen LogP contribution in [-0.4, -0.2) is 31.1 Å². The molecule has 3 rings (SSSR count). The highest BCUT2D eigenvalue weighted by atomic mass is 16.1. The van der Waals surface area contributed by atoms with E-state index in [1.165, 1.54) is 0 Å². The number of aromatic nitrogens is 4. The molecule has 1 N–H and O–H groups in total. The van der Waals surface area contributed by atoms with E-state index in [1.807, 2.05) is 20.8 Å². The molecule has 7 nitrogen and oxygen atoms in total. The van der Waals surface area contributed by atoms with Crippen LogP contribution >= 0.6 is 0 Å². The topological polar surface area (TPSA) is 96.9 Å². The van der Waals surface area contributed by atoms with Crippen LogP contribution in [0, 0.1) is 12.3 Å². The lowest BCUT2D eigenvalue weighted by Gasteiger charge is -2.11. The number of aryl methyl sites for hydroxylation is 2. The number of pyridine rings is 2. The minimum absolute atomic E-state index is 0.102. The molecule has 7 heteroatoms. The van der Waals surface area contributed by atoms with Crippen LogP contribution in [0.5, 0.6) is 0 Å². The first-order valence-corrected chi connectivity index (χ1v) is 8.35. The van der Waals surface area contributed by atoms with Crippen molar-refractivity contribution in [2.24, 2.45) is 4.99 Å². The fraction of sp³-hybridized carbons (Fsp3) is 0.263. The summed E-state index contributed by atoms with van der Waals surface area (Å²) in [6.45, 7) is 7.88. The largest absolute Gasteiger partial charge is 0.292 e. The lowest BCUT2D eigenvalue weighted by molar-refractivity contribution is 0.747. The SMILES string of the molecule is CCn1c(=O)c(-c2ccc(C(=N)N=C(C)C)nc2)cc2cnc(C)nc21. The van der Waals surface area contributed by atoms with Crippen molar-refractivity contribution >= 4 is 22.6 Å². The molecule has 0 amide bonds. The third-order valence-electron chi connectivity index (χ3n) is 3.92. The maximum atomic E-state index is 12.9. The van der Waals surface area contributed by atoms with Crippen molar-refractivity contribution < 1.29 is 0 Å². The van der Waals surface area contributed by atoms with Gasteiger partial charge in [0.2, 0.25) is 0 Å². The highest BCUT2D eigenvalue weighted by Gasteiger charge is 2.13. The highest BCUT2D eigenvalue weighted by Crippen LogP contribution is 2.20. The summed E-state index contributed by atoms with van der Waals surface area (Å²) in [4.78, 5) is 29.9. The van der Waals surface area contributed by atoms with Gasteiger partial charge in [-0.25, -0.2) is 15.0 Å². The number of rotatable bonds is 3. The van der Waals surface area contributed by atoms with Crippen molar-refractivity contribution in [1.29, 1.82) is 5.41 Å². The van der Waals surface area contributed by atoms with Crippen LogP contribution in [0.3, 0.4) is 0 Å². The fourth-order valence-electron chi connectivity index (χ4n) is 2.72. The monoisotopic (exact) mass is 348 g/mol. The second-order valence-electron chi connectivity index (χ2n) is 6.14. The van der Waals surface area contributed by atoms with E-state index in [4.69, 9.17) is 5.41 Å². The van der Waals surface area contributed by atoms with Crippen molar-refractivity contribution in [1.82, 2.24) is 19.5 Å². The number of hydrogen-bond donors (Lipinski definition) is 1. The molecule has 0 saturated heterocycles. The summed E-state index contributed by atoms with van der Waals surface area (Å²) >= 11 is 0. The first kappa shape index (κ1) is 17.6. The van der Waals surface area contributed by atoms with Gasteiger partial charge < -0.3 is 0 Å². The molecule has 0 aliphatic heterocycles. The quantitative estimate of drug-likeness (QED) is 0.581. The van der Waals surface area contributed by atoms with E-state index in [1.54, 1.807) is 42.1 Å². The van der Waals surface area contributed by atoms with Gasteiger partial charge in [-0.15, -0.1) is 0 Å². The highest BCUT2D eigenvalue weighted by molar-refractivity contribution is 6.03. The maximum absolute atomic E-state index is 12.9. The van der Waals surface area contributed by atoms with E-state index in [-0.39, 0.29) is 11.4 Å². The van der Waals surface area contributed by atoms with E-state index < -0.39 is 0 Å². The Bertz CT molecular complexity index is 1080. The maximum Gasteiger partial charge on any atom is 0.260 e. The van der Waals surface area contributed by atoms with Gasteiger partial charge in [-0.05, 0) is 39.8 Å². The molecule has 0 atom stereocenters. The number of nitrogens with zero attached hydrogens (tertiary/aromatic N) is 5. The fourth-order valence-corrected chi connectivity index (χ4v) is 2.72. The normalized spacial score (nSPS) is 10.8. The van der Waals surface area contributed by atoms with Crippen LogP contribution in [0.25, 0.3) is 22.2 Å². The first-order chi connectivity index (χ1) is 12.4. The molecule has 0 aliphatic rings. The zero-order chi connectivity index (χ0) is 18.8. The Kier molecular flexibility index (Phi) is 4.71. The van der Waals surface area contributed by atoms with Crippen molar-refractivity contribution in [3.05, 3.63) is 52.5 Å². The summed E-state index contributed by atoms with van der Waals surface area (Å²) in [5.74, 6) is 0.730.